The van der Waals surface area contributed by atoms with Gasteiger partial charge in [-0.1, -0.05) is 20.3 Å². The molecule has 2 nitrogen and oxygen atoms in total. The van der Waals surface area contributed by atoms with Crippen LogP contribution in [0, 0.1) is 11.8 Å². The second kappa shape index (κ2) is 4.83. The Bertz CT molecular complexity index is 121. The highest BCUT2D eigenvalue weighted by molar-refractivity contribution is 4.76. The van der Waals surface area contributed by atoms with Gasteiger partial charge in [0, 0.05) is 6.04 Å². The summed E-state index contributed by atoms with van der Waals surface area (Å²) in [5.74, 6) is 1.42. The lowest BCUT2D eigenvalue weighted by Crippen LogP contribution is -2.41. The molecule has 2 heteroatoms. The summed E-state index contributed by atoms with van der Waals surface area (Å²) in [5.41, 5.74) is 0. The Hall–Kier alpha value is -0.0800. The van der Waals surface area contributed by atoms with Crippen molar-refractivity contribution in [2.24, 2.45) is 11.8 Å². The van der Waals surface area contributed by atoms with E-state index in [0.717, 1.165) is 12.5 Å². The first-order valence-corrected chi connectivity index (χ1v) is 5.08. The Balaban J connectivity index is 2.09. The molecule has 2 N–H and O–H groups in total. The summed E-state index contributed by atoms with van der Waals surface area (Å²) in [4.78, 5) is 0. The van der Waals surface area contributed by atoms with E-state index in [9.17, 15) is 0 Å². The highest BCUT2D eigenvalue weighted by Gasteiger charge is 2.19. The molecule has 72 valence electrons. The van der Waals surface area contributed by atoms with Crippen molar-refractivity contribution in [2.75, 3.05) is 13.2 Å². The van der Waals surface area contributed by atoms with E-state index < -0.39 is 0 Å². The van der Waals surface area contributed by atoms with Crippen molar-refractivity contribution in [3.8, 4) is 0 Å². The SMILES string of the molecule is CC(C)[C@@H](CO)NCC1CCC1. The van der Waals surface area contributed by atoms with E-state index in [4.69, 9.17) is 5.11 Å². The first-order chi connectivity index (χ1) is 5.74. The fourth-order valence-electron chi connectivity index (χ4n) is 1.53. The van der Waals surface area contributed by atoms with Crippen molar-refractivity contribution in [1.82, 2.24) is 5.32 Å². The Labute approximate surface area is 75.4 Å². The van der Waals surface area contributed by atoms with Crippen LogP contribution in [0.3, 0.4) is 0 Å². The van der Waals surface area contributed by atoms with Crippen molar-refractivity contribution in [3.63, 3.8) is 0 Å². The number of hydrogen-bond donors (Lipinski definition) is 2. The van der Waals surface area contributed by atoms with Gasteiger partial charge >= 0.3 is 0 Å². The molecule has 0 saturated heterocycles. The maximum absolute atomic E-state index is 9.04. The summed E-state index contributed by atoms with van der Waals surface area (Å²) >= 11 is 0. The average molecular weight is 171 g/mol. The van der Waals surface area contributed by atoms with Gasteiger partial charge in [0.1, 0.15) is 0 Å². The third-order valence-electron chi connectivity index (χ3n) is 2.89. The molecule has 1 rings (SSSR count). The third kappa shape index (κ3) is 2.76. The van der Waals surface area contributed by atoms with Gasteiger partial charge in [0.25, 0.3) is 0 Å². The normalized spacial score (nSPS) is 21.0. The second-order valence-electron chi connectivity index (χ2n) is 4.24. The maximum Gasteiger partial charge on any atom is 0.0587 e. The minimum atomic E-state index is 0.268. The first kappa shape index (κ1) is 10.0. The van der Waals surface area contributed by atoms with Crippen LogP contribution in [0.25, 0.3) is 0 Å². The van der Waals surface area contributed by atoms with Crippen molar-refractivity contribution < 1.29 is 5.11 Å². The molecule has 1 aliphatic carbocycles. The highest BCUT2D eigenvalue weighted by Crippen LogP contribution is 2.25. The summed E-state index contributed by atoms with van der Waals surface area (Å²) in [7, 11) is 0. The molecule has 0 radical (unpaired) electrons. The molecular formula is C10H21NO. The molecule has 0 bridgehead atoms. The summed E-state index contributed by atoms with van der Waals surface area (Å²) in [6.45, 7) is 5.66. The molecule has 0 unspecified atom stereocenters. The van der Waals surface area contributed by atoms with Crippen molar-refractivity contribution in [3.05, 3.63) is 0 Å². The Morgan fingerprint density at radius 2 is 2.08 bits per heavy atom. The molecule has 0 amide bonds. The Kier molecular flexibility index (Phi) is 4.02. The molecule has 12 heavy (non-hydrogen) atoms. The van der Waals surface area contributed by atoms with Crippen molar-refractivity contribution >= 4 is 0 Å². The molecule has 0 aliphatic heterocycles. The molecule has 0 aromatic heterocycles. The summed E-state index contributed by atoms with van der Waals surface area (Å²) in [6.07, 6.45) is 4.16. The first-order valence-electron chi connectivity index (χ1n) is 5.08. The molecular weight excluding hydrogens is 150 g/mol. The topological polar surface area (TPSA) is 32.3 Å². The van der Waals surface area contributed by atoms with Gasteiger partial charge in [-0.05, 0) is 31.2 Å². The summed E-state index contributed by atoms with van der Waals surface area (Å²) in [5, 5.41) is 12.5. The fourth-order valence-corrected chi connectivity index (χ4v) is 1.53. The molecule has 0 aromatic carbocycles. The number of nitrogens with one attached hydrogen (secondary N) is 1. The van der Waals surface area contributed by atoms with Gasteiger partial charge in [0.15, 0.2) is 0 Å². The zero-order valence-electron chi connectivity index (χ0n) is 8.21. The largest absolute Gasteiger partial charge is 0.395 e. The quantitative estimate of drug-likeness (QED) is 0.655. The standard InChI is InChI=1S/C10H21NO/c1-8(2)10(7-12)11-6-9-4-3-5-9/h8-12H,3-7H2,1-2H3/t10-/m1/s1. The van der Waals surface area contributed by atoms with Gasteiger partial charge < -0.3 is 10.4 Å². The minimum absolute atomic E-state index is 0.268. The monoisotopic (exact) mass is 171 g/mol. The van der Waals surface area contributed by atoms with Crippen LogP contribution in [0.1, 0.15) is 33.1 Å². The zero-order chi connectivity index (χ0) is 8.97. The van der Waals surface area contributed by atoms with Gasteiger partial charge in [0.05, 0.1) is 6.61 Å². The van der Waals surface area contributed by atoms with E-state index in [1.54, 1.807) is 0 Å². The van der Waals surface area contributed by atoms with E-state index in [1.807, 2.05) is 0 Å². The minimum Gasteiger partial charge on any atom is -0.395 e. The van der Waals surface area contributed by atoms with Crippen LogP contribution < -0.4 is 5.32 Å². The van der Waals surface area contributed by atoms with Crippen LogP contribution >= 0.6 is 0 Å². The lowest BCUT2D eigenvalue weighted by Gasteiger charge is -2.29. The second-order valence-corrected chi connectivity index (χ2v) is 4.24. The van der Waals surface area contributed by atoms with Crippen LogP contribution in [-0.4, -0.2) is 24.3 Å². The predicted molar refractivity (Wildman–Crippen MR) is 51.1 cm³/mol. The fraction of sp³-hybridized carbons (Fsp3) is 1.00. The zero-order valence-corrected chi connectivity index (χ0v) is 8.21. The predicted octanol–water partition coefficient (Wildman–Crippen LogP) is 1.39. The molecule has 1 aliphatic rings. The molecule has 0 spiro atoms. The smallest absolute Gasteiger partial charge is 0.0587 e. The number of hydrogen-bond acceptors (Lipinski definition) is 2. The van der Waals surface area contributed by atoms with Crippen molar-refractivity contribution in [1.29, 1.82) is 0 Å². The van der Waals surface area contributed by atoms with Gasteiger partial charge in [-0.25, -0.2) is 0 Å². The molecule has 0 heterocycles. The molecule has 1 atom stereocenters. The van der Waals surface area contributed by atoms with Gasteiger partial charge in [-0.15, -0.1) is 0 Å². The maximum atomic E-state index is 9.04. The van der Waals surface area contributed by atoms with Gasteiger partial charge in [-0.3, -0.25) is 0 Å². The number of rotatable bonds is 5. The molecule has 0 aromatic rings. The summed E-state index contributed by atoms with van der Waals surface area (Å²) in [6, 6.07) is 0.297. The van der Waals surface area contributed by atoms with Crippen LogP contribution in [-0.2, 0) is 0 Å². The third-order valence-corrected chi connectivity index (χ3v) is 2.89. The number of aliphatic hydroxyl groups is 1. The van der Waals surface area contributed by atoms with E-state index in [2.05, 4.69) is 19.2 Å². The number of aliphatic hydroxyl groups excluding tert-OH is 1. The summed E-state index contributed by atoms with van der Waals surface area (Å²) < 4.78 is 0. The molecule has 1 saturated carbocycles. The Morgan fingerprint density at radius 1 is 1.42 bits per heavy atom. The van der Waals surface area contributed by atoms with Crippen LogP contribution in [0.5, 0.6) is 0 Å². The van der Waals surface area contributed by atoms with Gasteiger partial charge in [0.2, 0.25) is 0 Å². The average Bonchev–Trinajstić information content (AvgIpc) is 1.93. The lowest BCUT2D eigenvalue weighted by molar-refractivity contribution is 0.193. The highest BCUT2D eigenvalue weighted by atomic mass is 16.3. The van der Waals surface area contributed by atoms with Crippen LogP contribution in [0.4, 0.5) is 0 Å². The van der Waals surface area contributed by atoms with E-state index in [-0.39, 0.29) is 6.61 Å². The van der Waals surface area contributed by atoms with Crippen LogP contribution in [0.15, 0.2) is 0 Å². The van der Waals surface area contributed by atoms with Crippen molar-refractivity contribution in [2.45, 2.75) is 39.2 Å². The van der Waals surface area contributed by atoms with Gasteiger partial charge in [-0.2, -0.15) is 0 Å². The molecule has 1 fully saturated rings. The van der Waals surface area contributed by atoms with E-state index >= 15 is 0 Å². The lowest BCUT2D eigenvalue weighted by atomic mass is 9.85. The van der Waals surface area contributed by atoms with E-state index in [1.165, 1.54) is 19.3 Å². The van der Waals surface area contributed by atoms with E-state index in [0.29, 0.717) is 12.0 Å². The Morgan fingerprint density at radius 3 is 2.42 bits per heavy atom. The van der Waals surface area contributed by atoms with Crippen LogP contribution in [0.2, 0.25) is 0 Å².